The molecule has 29 heavy (non-hydrogen) atoms. The number of likely N-dealkylation sites (tertiary alicyclic amines) is 1. The molecule has 1 N–H and O–H groups in total. The smallest absolute Gasteiger partial charge is 0.296 e. The molecule has 1 aliphatic rings. The maximum Gasteiger partial charge on any atom is 0.296 e. The van der Waals surface area contributed by atoms with E-state index in [-0.39, 0.29) is 17.9 Å². The zero-order valence-corrected chi connectivity index (χ0v) is 17.1. The Morgan fingerprint density at radius 1 is 1.21 bits per heavy atom. The summed E-state index contributed by atoms with van der Waals surface area (Å²) in [6, 6.07) is 13.1. The molecule has 1 unspecified atom stereocenters. The third-order valence-corrected chi connectivity index (χ3v) is 5.73. The van der Waals surface area contributed by atoms with Gasteiger partial charge in [-0.2, -0.15) is 0 Å². The molecule has 6 nitrogen and oxygen atoms in total. The number of rotatable bonds is 4. The Kier molecular flexibility index (Phi) is 5.07. The van der Waals surface area contributed by atoms with E-state index >= 15 is 0 Å². The third kappa shape index (κ3) is 3.49. The van der Waals surface area contributed by atoms with Gasteiger partial charge in [-0.05, 0) is 48.9 Å². The number of carbonyl (C=O) groups excluding carboxylic acids is 2. The molecule has 1 fully saturated rings. The Bertz CT molecular complexity index is 1110. The fourth-order valence-electron chi connectivity index (χ4n) is 3.40. The molecular formula is C22H17BrN2O4. The van der Waals surface area contributed by atoms with Crippen molar-refractivity contribution in [3.8, 4) is 0 Å². The summed E-state index contributed by atoms with van der Waals surface area (Å²) < 4.78 is 6.40. The van der Waals surface area contributed by atoms with E-state index < -0.39 is 17.7 Å². The number of benzene rings is 1. The lowest BCUT2D eigenvalue weighted by Crippen LogP contribution is -2.29. The minimum atomic E-state index is -0.837. The first-order chi connectivity index (χ1) is 14.0. The Labute approximate surface area is 175 Å². The van der Waals surface area contributed by atoms with Crippen molar-refractivity contribution in [3.63, 3.8) is 0 Å². The van der Waals surface area contributed by atoms with Crippen LogP contribution in [0.5, 0.6) is 0 Å². The monoisotopic (exact) mass is 452 g/mol. The fourth-order valence-corrected chi connectivity index (χ4v) is 3.65. The summed E-state index contributed by atoms with van der Waals surface area (Å²) in [4.78, 5) is 31.4. The number of nitrogens with zero attached hydrogens (tertiary/aromatic N) is 2. The molecule has 3 heterocycles. The number of hydrogen-bond acceptors (Lipinski definition) is 5. The van der Waals surface area contributed by atoms with Crippen molar-refractivity contribution in [2.45, 2.75) is 19.5 Å². The topological polar surface area (TPSA) is 83.6 Å². The van der Waals surface area contributed by atoms with Gasteiger partial charge in [-0.15, -0.1) is 0 Å². The first kappa shape index (κ1) is 19.1. The van der Waals surface area contributed by atoms with Crippen molar-refractivity contribution >= 4 is 33.4 Å². The van der Waals surface area contributed by atoms with Gasteiger partial charge in [-0.25, -0.2) is 0 Å². The molecule has 0 saturated carbocycles. The van der Waals surface area contributed by atoms with Crippen LogP contribution in [0.4, 0.5) is 0 Å². The van der Waals surface area contributed by atoms with Crippen molar-refractivity contribution in [1.29, 1.82) is 0 Å². The number of carbonyl (C=O) groups is 2. The molecule has 1 aliphatic heterocycles. The highest BCUT2D eigenvalue weighted by molar-refractivity contribution is 9.10. The summed E-state index contributed by atoms with van der Waals surface area (Å²) in [5, 5.41) is 11.0. The number of amides is 1. The lowest BCUT2D eigenvalue weighted by Gasteiger charge is -2.22. The largest absolute Gasteiger partial charge is 0.507 e. The molecular weight excluding hydrogens is 436 g/mol. The van der Waals surface area contributed by atoms with Crippen LogP contribution in [0.15, 0.2) is 75.5 Å². The van der Waals surface area contributed by atoms with Crippen molar-refractivity contribution in [1.82, 2.24) is 9.88 Å². The quantitative estimate of drug-likeness (QED) is 0.361. The van der Waals surface area contributed by atoms with E-state index in [9.17, 15) is 14.7 Å². The molecule has 1 amide bonds. The molecule has 146 valence electrons. The van der Waals surface area contributed by atoms with Crippen LogP contribution >= 0.6 is 15.9 Å². The van der Waals surface area contributed by atoms with E-state index in [2.05, 4.69) is 20.9 Å². The number of furan rings is 1. The number of Topliss-reactive ketones (excluding diaryl/α,β-unsaturated/α-hetero) is 1. The number of ketones is 1. The second kappa shape index (κ2) is 7.67. The van der Waals surface area contributed by atoms with E-state index in [0.717, 1.165) is 10.0 Å². The Morgan fingerprint density at radius 3 is 2.69 bits per heavy atom. The highest BCUT2D eigenvalue weighted by atomic mass is 79.9. The number of aryl methyl sites for hydroxylation is 1. The average Bonchev–Trinajstić information content (AvgIpc) is 3.33. The molecule has 2 aromatic heterocycles. The van der Waals surface area contributed by atoms with Crippen molar-refractivity contribution in [2.75, 3.05) is 0 Å². The van der Waals surface area contributed by atoms with E-state index in [1.165, 1.54) is 11.2 Å². The molecule has 1 aromatic carbocycles. The summed E-state index contributed by atoms with van der Waals surface area (Å²) in [6.45, 7) is 2.00. The van der Waals surface area contributed by atoms with Gasteiger partial charge in [0.05, 0.1) is 24.1 Å². The predicted octanol–water partition coefficient (Wildman–Crippen LogP) is 4.37. The Balaban J connectivity index is 1.84. The fraction of sp³-hybridized carbons (Fsp3) is 0.136. The van der Waals surface area contributed by atoms with Gasteiger partial charge in [-0.3, -0.25) is 14.6 Å². The van der Waals surface area contributed by atoms with Crippen molar-refractivity contribution < 1.29 is 19.1 Å². The normalized spacial score (nSPS) is 18.4. The second-order valence-electron chi connectivity index (χ2n) is 6.73. The van der Waals surface area contributed by atoms with Crippen molar-refractivity contribution in [3.05, 3.63) is 93.6 Å². The number of halogens is 1. The SMILES string of the molecule is Cc1cc(/C(O)=C2/C(=O)C(=O)N(Cc3ccccn3)C2c2ccco2)ccc1Br. The summed E-state index contributed by atoms with van der Waals surface area (Å²) in [5.41, 5.74) is 1.98. The Hall–Kier alpha value is -3.19. The van der Waals surface area contributed by atoms with Crippen LogP contribution < -0.4 is 0 Å². The zero-order valence-electron chi connectivity index (χ0n) is 15.5. The number of aromatic nitrogens is 1. The van der Waals surface area contributed by atoms with Crippen LogP contribution in [-0.4, -0.2) is 26.7 Å². The molecule has 1 saturated heterocycles. The van der Waals surface area contributed by atoms with Gasteiger partial charge < -0.3 is 14.4 Å². The average molecular weight is 453 g/mol. The van der Waals surface area contributed by atoms with Crippen LogP contribution in [0.2, 0.25) is 0 Å². The molecule has 1 atom stereocenters. The van der Waals surface area contributed by atoms with Crippen LogP contribution in [0.1, 0.15) is 28.6 Å². The molecule has 7 heteroatoms. The summed E-state index contributed by atoms with van der Waals surface area (Å²) in [7, 11) is 0. The van der Waals surface area contributed by atoms with Gasteiger partial charge in [-0.1, -0.05) is 28.1 Å². The van der Waals surface area contributed by atoms with E-state index in [0.29, 0.717) is 17.0 Å². The van der Waals surface area contributed by atoms with Crippen LogP contribution in [0, 0.1) is 6.92 Å². The maximum atomic E-state index is 12.9. The molecule has 0 spiro atoms. The molecule has 0 radical (unpaired) electrons. The van der Waals surface area contributed by atoms with E-state index in [4.69, 9.17) is 4.42 Å². The van der Waals surface area contributed by atoms with Crippen molar-refractivity contribution in [2.24, 2.45) is 0 Å². The van der Waals surface area contributed by atoms with Gasteiger partial charge in [0.15, 0.2) is 0 Å². The Morgan fingerprint density at radius 2 is 2.03 bits per heavy atom. The standard InChI is InChI=1S/C22H17BrN2O4/c1-13-11-14(7-8-16(13)23)20(26)18-19(17-6-4-10-29-17)25(22(28)21(18)27)12-15-5-2-3-9-24-15/h2-11,19,26H,12H2,1H3/b20-18-. The first-order valence-corrected chi connectivity index (χ1v) is 9.75. The van der Waals surface area contributed by atoms with Gasteiger partial charge in [0, 0.05) is 16.2 Å². The summed E-state index contributed by atoms with van der Waals surface area (Å²) in [5.74, 6) is -1.28. The minimum Gasteiger partial charge on any atom is -0.507 e. The molecule has 0 aliphatic carbocycles. The maximum absolute atomic E-state index is 12.9. The van der Waals surface area contributed by atoms with Gasteiger partial charge >= 0.3 is 0 Å². The van der Waals surface area contributed by atoms with Gasteiger partial charge in [0.1, 0.15) is 17.6 Å². The highest BCUT2D eigenvalue weighted by Crippen LogP contribution is 2.40. The number of pyridine rings is 1. The number of hydrogen-bond donors (Lipinski definition) is 1. The van der Waals surface area contributed by atoms with Crippen LogP contribution in [0.25, 0.3) is 5.76 Å². The lowest BCUT2D eigenvalue weighted by molar-refractivity contribution is -0.140. The lowest BCUT2D eigenvalue weighted by atomic mass is 9.98. The first-order valence-electron chi connectivity index (χ1n) is 8.95. The number of aliphatic hydroxyl groups excluding tert-OH is 1. The van der Waals surface area contributed by atoms with Gasteiger partial charge in [0.25, 0.3) is 11.7 Å². The summed E-state index contributed by atoms with van der Waals surface area (Å²) in [6.07, 6.45) is 3.10. The molecule has 0 bridgehead atoms. The van der Waals surface area contributed by atoms with E-state index in [1.54, 1.807) is 48.7 Å². The predicted molar refractivity (Wildman–Crippen MR) is 110 cm³/mol. The second-order valence-corrected chi connectivity index (χ2v) is 7.58. The zero-order chi connectivity index (χ0) is 20.5. The van der Waals surface area contributed by atoms with E-state index in [1.807, 2.05) is 13.0 Å². The molecule has 4 rings (SSSR count). The minimum absolute atomic E-state index is 0.00241. The van der Waals surface area contributed by atoms with Crippen LogP contribution in [0.3, 0.4) is 0 Å². The summed E-state index contributed by atoms with van der Waals surface area (Å²) >= 11 is 3.42. The van der Waals surface area contributed by atoms with Gasteiger partial charge in [0.2, 0.25) is 0 Å². The molecule has 3 aromatic rings. The number of aliphatic hydroxyl groups is 1. The van der Waals surface area contributed by atoms with Crippen LogP contribution in [-0.2, 0) is 16.1 Å². The highest BCUT2D eigenvalue weighted by Gasteiger charge is 2.47. The third-order valence-electron chi connectivity index (χ3n) is 4.84.